The maximum atomic E-state index is 14.1. The van der Waals surface area contributed by atoms with Crippen LogP contribution in [0.5, 0.6) is 0 Å². The van der Waals surface area contributed by atoms with Crippen molar-refractivity contribution in [3.05, 3.63) is 60.7 Å². The molecule has 1 aliphatic carbocycles. The molecule has 1 aliphatic rings. The zero-order valence-corrected chi connectivity index (χ0v) is 15.2. The van der Waals surface area contributed by atoms with E-state index in [0.29, 0.717) is 6.04 Å². The summed E-state index contributed by atoms with van der Waals surface area (Å²) in [4.78, 5) is 0. The first-order valence-corrected chi connectivity index (χ1v) is 10.7. The van der Waals surface area contributed by atoms with Crippen LogP contribution in [0.2, 0.25) is 0 Å². The number of rotatable bonds is 6. The van der Waals surface area contributed by atoms with Gasteiger partial charge in [-0.25, -0.2) is 0 Å². The van der Waals surface area contributed by atoms with Crippen LogP contribution < -0.4 is 21.0 Å². The van der Waals surface area contributed by atoms with Crippen LogP contribution in [0.1, 0.15) is 32.6 Å². The predicted octanol–water partition coefficient (Wildman–Crippen LogP) is 3.43. The van der Waals surface area contributed by atoms with E-state index in [-0.39, 0.29) is 6.04 Å². The Kier molecular flexibility index (Phi) is 5.89. The molecule has 0 heterocycles. The van der Waals surface area contributed by atoms with Crippen molar-refractivity contribution in [1.82, 2.24) is 10.4 Å². The largest absolute Gasteiger partial charge is 0.313 e. The normalized spacial score (nSPS) is 21.5. The highest BCUT2D eigenvalue weighted by Crippen LogP contribution is 2.41. The molecule has 1 saturated carbocycles. The van der Waals surface area contributed by atoms with Crippen LogP contribution in [0.3, 0.4) is 0 Å². The summed E-state index contributed by atoms with van der Waals surface area (Å²) < 4.78 is 14.1. The molecule has 1 fully saturated rings. The molecule has 0 aliphatic heterocycles. The molecule has 0 aromatic heterocycles. The molecule has 0 bridgehead atoms. The number of likely N-dealkylation sites (N-methyl/N-ethyl adjacent to an activating group) is 1. The molecule has 2 N–H and O–H groups in total. The molecule has 2 atom stereocenters. The molecule has 0 unspecified atom stereocenters. The summed E-state index contributed by atoms with van der Waals surface area (Å²) in [6.45, 7) is 3.09. The number of hydrogen-bond acceptors (Lipinski definition) is 2. The smallest absolute Gasteiger partial charge is 0.204 e. The van der Waals surface area contributed by atoms with E-state index >= 15 is 0 Å². The Balaban J connectivity index is 1.95. The van der Waals surface area contributed by atoms with Crippen LogP contribution in [0.25, 0.3) is 0 Å². The Morgan fingerprint density at radius 1 is 0.875 bits per heavy atom. The van der Waals surface area contributed by atoms with Gasteiger partial charge in [-0.1, -0.05) is 56.2 Å². The van der Waals surface area contributed by atoms with Crippen LogP contribution in [-0.4, -0.2) is 18.6 Å². The quantitative estimate of drug-likeness (QED) is 0.791. The summed E-state index contributed by atoms with van der Waals surface area (Å²) in [6.07, 6.45) is 4.66. The van der Waals surface area contributed by atoms with Gasteiger partial charge in [0, 0.05) is 22.7 Å². The van der Waals surface area contributed by atoms with Crippen LogP contribution in [0, 0.1) is 0 Å². The fraction of sp³-hybridized carbons (Fsp3) is 0.400. The maximum Gasteiger partial charge on any atom is 0.204 e. The summed E-state index contributed by atoms with van der Waals surface area (Å²) in [5.41, 5.74) is 0. The third-order valence-corrected chi connectivity index (χ3v) is 7.57. The van der Waals surface area contributed by atoms with Crippen molar-refractivity contribution in [2.45, 2.75) is 44.7 Å². The fourth-order valence-corrected chi connectivity index (χ4v) is 6.16. The van der Waals surface area contributed by atoms with Crippen LogP contribution in [0.4, 0.5) is 0 Å². The van der Waals surface area contributed by atoms with Gasteiger partial charge in [-0.15, -0.1) is 0 Å². The first-order valence-electron chi connectivity index (χ1n) is 8.96. The molecule has 2 aromatic rings. The number of hydrogen-bond donors (Lipinski definition) is 2. The van der Waals surface area contributed by atoms with Crippen molar-refractivity contribution in [3.8, 4) is 0 Å². The lowest BCUT2D eigenvalue weighted by molar-refractivity contribution is 0.315. The second kappa shape index (κ2) is 8.11. The van der Waals surface area contributed by atoms with E-state index in [1.165, 1.54) is 12.8 Å². The van der Waals surface area contributed by atoms with Crippen molar-refractivity contribution < 1.29 is 4.57 Å². The van der Waals surface area contributed by atoms with Gasteiger partial charge < -0.3 is 5.32 Å². The fourth-order valence-electron chi connectivity index (χ4n) is 3.60. The van der Waals surface area contributed by atoms with Crippen molar-refractivity contribution in [2.75, 3.05) is 6.54 Å². The second-order valence-electron chi connectivity index (χ2n) is 6.46. The minimum Gasteiger partial charge on any atom is -0.313 e. The Labute approximate surface area is 145 Å². The highest BCUT2D eigenvalue weighted by molar-refractivity contribution is 7.76. The molecule has 4 heteroatoms. The Bertz CT molecular complexity index is 629. The molecular formula is C20H27N2OP. The summed E-state index contributed by atoms with van der Waals surface area (Å²) >= 11 is 0. The average molecular weight is 342 g/mol. The van der Waals surface area contributed by atoms with E-state index in [1.807, 2.05) is 60.7 Å². The van der Waals surface area contributed by atoms with E-state index in [2.05, 4.69) is 17.3 Å². The Hall–Kier alpha value is -1.41. The Morgan fingerprint density at radius 2 is 1.38 bits per heavy atom. The van der Waals surface area contributed by atoms with Gasteiger partial charge in [0.25, 0.3) is 0 Å². The van der Waals surface area contributed by atoms with E-state index in [0.717, 1.165) is 30.0 Å². The lowest BCUT2D eigenvalue weighted by atomic mass is 9.91. The van der Waals surface area contributed by atoms with E-state index < -0.39 is 7.29 Å². The summed E-state index contributed by atoms with van der Waals surface area (Å²) in [5, 5.41) is 8.94. The van der Waals surface area contributed by atoms with E-state index in [9.17, 15) is 4.57 Å². The van der Waals surface area contributed by atoms with Gasteiger partial charge in [-0.3, -0.25) is 9.65 Å². The third-order valence-electron chi connectivity index (χ3n) is 4.82. The molecule has 2 aromatic carbocycles. The minimum absolute atomic E-state index is 0.241. The van der Waals surface area contributed by atoms with Gasteiger partial charge in [0.1, 0.15) is 0 Å². The first kappa shape index (κ1) is 17.4. The van der Waals surface area contributed by atoms with Crippen molar-refractivity contribution in [2.24, 2.45) is 0 Å². The Morgan fingerprint density at radius 3 is 1.88 bits per heavy atom. The molecule has 0 spiro atoms. The van der Waals surface area contributed by atoms with Crippen LogP contribution in [-0.2, 0) is 4.57 Å². The lowest BCUT2D eigenvalue weighted by Crippen LogP contribution is -2.50. The first-order chi connectivity index (χ1) is 11.7. The van der Waals surface area contributed by atoms with Gasteiger partial charge in [0.2, 0.25) is 7.29 Å². The maximum absolute atomic E-state index is 14.1. The second-order valence-corrected chi connectivity index (χ2v) is 8.97. The summed E-state index contributed by atoms with van der Waals surface area (Å²) in [6, 6.07) is 20.4. The van der Waals surface area contributed by atoms with E-state index in [4.69, 9.17) is 0 Å². The molecule has 0 saturated heterocycles. The van der Waals surface area contributed by atoms with Gasteiger partial charge in [0.15, 0.2) is 0 Å². The molecule has 128 valence electrons. The van der Waals surface area contributed by atoms with Gasteiger partial charge in [0.05, 0.1) is 0 Å². The number of nitrogens with one attached hydrogen (secondary N) is 2. The summed E-state index contributed by atoms with van der Waals surface area (Å²) in [7, 11) is -2.84. The molecule has 3 rings (SSSR count). The summed E-state index contributed by atoms with van der Waals surface area (Å²) in [5.74, 6) is 0. The molecule has 0 radical (unpaired) electrons. The highest BCUT2D eigenvalue weighted by atomic mass is 31.2. The van der Waals surface area contributed by atoms with Crippen molar-refractivity contribution in [1.29, 1.82) is 0 Å². The molecule has 3 nitrogen and oxygen atoms in total. The highest BCUT2D eigenvalue weighted by Gasteiger charge is 2.34. The van der Waals surface area contributed by atoms with Gasteiger partial charge in [-0.05, 0) is 43.7 Å². The zero-order valence-electron chi connectivity index (χ0n) is 14.3. The predicted molar refractivity (Wildman–Crippen MR) is 103 cm³/mol. The minimum atomic E-state index is -2.84. The SMILES string of the molecule is CCN[C@@H]1CCCC[C@H]1NP(=O)(c1ccccc1)c1ccccc1. The van der Waals surface area contributed by atoms with Gasteiger partial charge in [-0.2, -0.15) is 0 Å². The standard InChI is InChI=1S/C20H27N2OP/c1-2-21-19-15-9-10-16-20(19)22-24(23,17-11-5-3-6-12-17)18-13-7-4-8-14-18/h3-8,11-14,19-21H,2,9-10,15-16H2,1H3,(H,22,23)/t19-,20-/m1/s1. The molecular weight excluding hydrogens is 315 g/mol. The molecule has 0 amide bonds. The van der Waals surface area contributed by atoms with Crippen molar-refractivity contribution >= 4 is 17.9 Å². The third kappa shape index (κ3) is 3.80. The average Bonchev–Trinajstić information content (AvgIpc) is 2.65. The van der Waals surface area contributed by atoms with E-state index in [1.54, 1.807) is 0 Å². The zero-order chi connectivity index (χ0) is 16.8. The van der Waals surface area contributed by atoms with Crippen molar-refractivity contribution in [3.63, 3.8) is 0 Å². The van der Waals surface area contributed by atoms with Crippen LogP contribution in [0.15, 0.2) is 60.7 Å². The van der Waals surface area contributed by atoms with Crippen LogP contribution >= 0.6 is 7.29 Å². The molecule has 24 heavy (non-hydrogen) atoms. The monoisotopic (exact) mass is 342 g/mol. The number of benzene rings is 2. The topological polar surface area (TPSA) is 41.1 Å². The van der Waals surface area contributed by atoms with Gasteiger partial charge >= 0.3 is 0 Å². The lowest BCUT2D eigenvalue weighted by Gasteiger charge is -2.36.